The van der Waals surface area contributed by atoms with Gasteiger partial charge in [-0.05, 0) is 31.2 Å². The van der Waals surface area contributed by atoms with Gasteiger partial charge >= 0.3 is 0 Å². The highest BCUT2D eigenvalue weighted by Gasteiger charge is 2.22. The van der Waals surface area contributed by atoms with Crippen molar-refractivity contribution in [1.29, 1.82) is 0 Å². The SMILES string of the molecule is Cl.O=C(c1ccccc1F)N1CCCN(CCn2cccn2)CC1. The van der Waals surface area contributed by atoms with E-state index in [4.69, 9.17) is 0 Å². The zero-order chi connectivity index (χ0) is 16.1. The molecule has 1 aromatic heterocycles. The van der Waals surface area contributed by atoms with Crippen LogP contribution in [0.1, 0.15) is 16.8 Å². The summed E-state index contributed by atoms with van der Waals surface area (Å²) in [6.07, 6.45) is 4.63. The minimum Gasteiger partial charge on any atom is -0.337 e. The van der Waals surface area contributed by atoms with Crippen molar-refractivity contribution in [3.05, 3.63) is 54.1 Å². The van der Waals surface area contributed by atoms with Gasteiger partial charge in [0.2, 0.25) is 0 Å². The van der Waals surface area contributed by atoms with Crippen LogP contribution < -0.4 is 0 Å². The van der Waals surface area contributed by atoms with Gasteiger partial charge in [0.25, 0.3) is 5.91 Å². The Hall–Kier alpha value is -1.92. The molecule has 0 aliphatic carbocycles. The second-order valence-electron chi connectivity index (χ2n) is 5.74. The Morgan fingerprint density at radius 2 is 1.92 bits per heavy atom. The van der Waals surface area contributed by atoms with E-state index in [1.54, 1.807) is 29.3 Å². The first-order chi connectivity index (χ1) is 11.2. The lowest BCUT2D eigenvalue weighted by molar-refractivity contribution is 0.0756. The van der Waals surface area contributed by atoms with Crippen LogP contribution in [0.15, 0.2) is 42.7 Å². The molecule has 1 fully saturated rings. The predicted molar refractivity (Wildman–Crippen MR) is 92.8 cm³/mol. The molecule has 7 heteroatoms. The lowest BCUT2D eigenvalue weighted by Crippen LogP contribution is -2.36. The average molecular weight is 353 g/mol. The van der Waals surface area contributed by atoms with Gasteiger partial charge in [-0.15, -0.1) is 12.4 Å². The first-order valence-electron chi connectivity index (χ1n) is 7.97. The van der Waals surface area contributed by atoms with Gasteiger partial charge in [0.15, 0.2) is 0 Å². The van der Waals surface area contributed by atoms with Crippen molar-refractivity contribution in [3.63, 3.8) is 0 Å². The molecule has 1 aliphatic heterocycles. The van der Waals surface area contributed by atoms with Gasteiger partial charge in [-0.3, -0.25) is 14.4 Å². The lowest BCUT2D eigenvalue weighted by Gasteiger charge is -2.22. The average Bonchev–Trinajstić information content (AvgIpc) is 2.97. The number of halogens is 2. The third-order valence-electron chi connectivity index (χ3n) is 4.18. The van der Waals surface area contributed by atoms with Gasteiger partial charge in [0.1, 0.15) is 5.82 Å². The molecule has 0 unspecified atom stereocenters. The fourth-order valence-electron chi connectivity index (χ4n) is 2.88. The van der Waals surface area contributed by atoms with E-state index in [1.807, 2.05) is 16.9 Å². The summed E-state index contributed by atoms with van der Waals surface area (Å²) in [4.78, 5) is 16.6. The zero-order valence-corrected chi connectivity index (χ0v) is 14.3. The third kappa shape index (κ3) is 4.55. The maximum absolute atomic E-state index is 13.8. The van der Waals surface area contributed by atoms with Crippen molar-refractivity contribution < 1.29 is 9.18 Å². The summed E-state index contributed by atoms with van der Waals surface area (Å²) in [5, 5.41) is 4.20. The molecular formula is C17H22ClFN4O. The molecule has 0 radical (unpaired) electrons. The number of carbonyl (C=O) groups excluding carboxylic acids is 1. The number of nitrogens with zero attached hydrogens (tertiary/aromatic N) is 4. The van der Waals surface area contributed by atoms with Crippen LogP contribution >= 0.6 is 12.4 Å². The van der Waals surface area contributed by atoms with Crippen LogP contribution in [0, 0.1) is 5.82 Å². The van der Waals surface area contributed by atoms with Gasteiger partial charge in [-0.25, -0.2) is 4.39 Å². The van der Waals surface area contributed by atoms with E-state index < -0.39 is 5.82 Å². The number of carbonyl (C=O) groups is 1. The molecule has 0 N–H and O–H groups in total. The van der Waals surface area contributed by atoms with Crippen molar-refractivity contribution in [1.82, 2.24) is 19.6 Å². The van der Waals surface area contributed by atoms with E-state index in [0.29, 0.717) is 13.1 Å². The van der Waals surface area contributed by atoms with Crippen LogP contribution in [0.4, 0.5) is 4.39 Å². The van der Waals surface area contributed by atoms with E-state index in [-0.39, 0.29) is 23.9 Å². The quantitative estimate of drug-likeness (QED) is 0.847. The summed E-state index contributed by atoms with van der Waals surface area (Å²) < 4.78 is 15.7. The number of benzene rings is 1. The fourth-order valence-corrected chi connectivity index (χ4v) is 2.88. The van der Waals surface area contributed by atoms with E-state index in [1.165, 1.54) is 6.07 Å². The molecule has 0 bridgehead atoms. The van der Waals surface area contributed by atoms with E-state index >= 15 is 0 Å². The topological polar surface area (TPSA) is 41.4 Å². The van der Waals surface area contributed by atoms with Gasteiger partial charge in [-0.1, -0.05) is 12.1 Å². The Morgan fingerprint density at radius 3 is 2.67 bits per heavy atom. The smallest absolute Gasteiger partial charge is 0.256 e. The summed E-state index contributed by atoms with van der Waals surface area (Å²) in [5.74, 6) is -0.658. The molecule has 2 heterocycles. The zero-order valence-electron chi connectivity index (χ0n) is 13.5. The van der Waals surface area contributed by atoms with Gasteiger partial charge < -0.3 is 4.90 Å². The first-order valence-corrected chi connectivity index (χ1v) is 7.97. The van der Waals surface area contributed by atoms with Crippen LogP contribution in [-0.4, -0.2) is 58.2 Å². The van der Waals surface area contributed by atoms with Gasteiger partial charge in [0.05, 0.1) is 12.1 Å². The predicted octanol–water partition coefficient (Wildman–Crippen LogP) is 2.29. The Labute approximate surface area is 147 Å². The second-order valence-corrected chi connectivity index (χ2v) is 5.74. The molecular weight excluding hydrogens is 331 g/mol. The Kier molecular flexibility index (Phi) is 6.75. The highest BCUT2D eigenvalue weighted by atomic mass is 35.5. The van der Waals surface area contributed by atoms with Crippen LogP contribution in [-0.2, 0) is 6.54 Å². The van der Waals surface area contributed by atoms with Crippen molar-refractivity contribution in [2.24, 2.45) is 0 Å². The minimum absolute atomic E-state index is 0. The summed E-state index contributed by atoms with van der Waals surface area (Å²) in [7, 11) is 0. The summed E-state index contributed by atoms with van der Waals surface area (Å²) >= 11 is 0. The summed E-state index contributed by atoms with van der Waals surface area (Å²) in [6, 6.07) is 8.10. The number of aromatic nitrogens is 2. The maximum Gasteiger partial charge on any atom is 0.256 e. The van der Waals surface area contributed by atoms with Crippen LogP contribution in [0.2, 0.25) is 0 Å². The maximum atomic E-state index is 13.8. The fraction of sp³-hybridized carbons (Fsp3) is 0.412. The van der Waals surface area contributed by atoms with Crippen LogP contribution in [0.5, 0.6) is 0 Å². The largest absolute Gasteiger partial charge is 0.337 e. The van der Waals surface area contributed by atoms with E-state index in [0.717, 1.165) is 32.6 Å². The monoisotopic (exact) mass is 352 g/mol. The number of hydrogen-bond acceptors (Lipinski definition) is 3. The summed E-state index contributed by atoms with van der Waals surface area (Å²) in [5.41, 5.74) is 0.164. The summed E-state index contributed by atoms with van der Waals surface area (Å²) in [6.45, 7) is 4.80. The van der Waals surface area contributed by atoms with E-state index in [9.17, 15) is 9.18 Å². The molecule has 0 saturated carbocycles. The lowest BCUT2D eigenvalue weighted by atomic mass is 10.2. The molecule has 0 spiro atoms. The highest BCUT2D eigenvalue weighted by Crippen LogP contribution is 2.12. The number of hydrogen-bond donors (Lipinski definition) is 0. The van der Waals surface area contributed by atoms with Crippen molar-refractivity contribution >= 4 is 18.3 Å². The molecule has 130 valence electrons. The third-order valence-corrected chi connectivity index (χ3v) is 4.18. The number of rotatable bonds is 4. The van der Waals surface area contributed by atoms with E-state index in [2.05, 4.69) is 10.00 Å². The highest BCUT2D eigenvalue weighted by molar-refractivity contribution is 5.94. The molecule has 1 aliphatic rings. The molecule has 1 amide bonds. The molecule has 3 rings (SSSR count). The van der Waals surface area contributed by atoms with Crippen LogP contribution in [0.25, 0.3) is 0 Å². The van der Waals surface area contributed by atoms with Crippen molar-refractivity contribution in [3.8, 4) is 0 Å². The molecule has 5 nitrogen and oxygen atoms in total. The minimum atomic E-state index is -0.447. The standard InChI is InChI=1S/C17H21FN4O.ClH/c18-16-6-2-1-5-15(16)17(23)21-9-4-8-20(11-13-21)12-14-22-10-3-7-19-22;/h1-3,5-7,10H,4,8-9,11-14H2;1H. The first kappa shape index (κ1) is 18.4. The number of amides is 1. The Bertz CT molecular complexity index is 650. The van der Waals surface area contributed by atoms with Crippen LogP contribution in [0.3, 0.4) is 0 Å². The molecule has 24 heavy (non-hydrogen) atoms. The van der Waals surface area contributed by atoms with Gasteiger partial charge in [0, 0.05) is 38.6 Å². The second kappa shape index (κ2) is 8.80. The Morgan fingerprint density at radius 1 is 1.08 bits per heavy atom. The van der Waals surface area contributed by atoms with Crippen molar-refractivity contribution in [2.75, 3.05) is 32.7 Å². The molecule has 1 saturated heterocycles. The molecule has 1 aromatic carbocycles. The Balaban J connectivity index is 0.00000208. The molecule has 2 aromatic rings. The van der Waals surface area contributed by atoms with Crippen molar-refractivity contribution in [2.45, 2.75) is 13.0 Å². The van der Waals surface area contributed by atoms with Gasteiger partial charge in [-0.2, -0.15) is 5.10 Å². The molecule has 0 atom stereocenters. The normalized spacial score (nSPS) is 15.6.